The summed E-state index contributed by atoms with van der Waals surface area (Å²) in [6.07, 6.45) is 0. The molecule has 4 heteroatoms. The van der Waals surface area contributed by atoms with Crippen LogP contribution in [0.3, 0.4) is 0 Å². The Morgan fingerprint density at radius 1 is 1.33 bits per heavy atom. The van der Waals surface area contributed by atoms with Crippen molar-refractivity contribution in [2.45, 2.75) is 20.4 Å². The van der Waals surface area contributed by atoms with Crippen molar-refractivity contribution < 1.29 is 4.79 Å². The first-order chi connectivity index (χ1) is 10.1. The number of nitrogens with two attached hydrogens (primary N) is 1. The topological polar surface area (TPSA) is 55.1 Å². The van der Waals surface area contributed by atoms with E-state index in [1.807, 2.05) is 43.5 Å². The van der Waals surface area contributed by atoms with Crippen molar-refractivity contribution in [3.8, 4) is 11.8 Å². The highest BCUT2D eigenvalue weighted by Crippen LogP contribution is 2.16. The lowest BCUT2D eigenvalue weighted by Crippen LogP contribution is -2.23. The molecule has 1 aromatic carbocycles. The van der Waals surface area contributed by atoms with Crippen molar-refractivity contribution in [3.63, 3.8) is 0 Å². The van der Waals surface area contributed by atoms with Gasteiger partial charge in [-0.15, -0.1) is 11.3 Å². The minimum Gasteiger partial charge on any atom is -0.347 e. The number of amides is 1. The number of aryl methyl sites for hydroxylation is 2. The molecule has 0 fully saturated rings. The van der Waals surface area contributed by atoms with Crippen LogP contribution in [0.1, 0.15) is 31.9 Å². The summed E-state index contributed by atoms with van der Waals surface area (Å²) in [6.45, 7) is 4.79. The summed E-state index contributed by atoms with van der Waals surface area (Å²) >= 11 is 1.59. The van der Waals surface area contributed by atoms with E-state index in [2.05, 4.69) is 17.2 Å². The van der Waals surface area contributed by atoms with E-state index in [4.69, 9.17) is 5.73 Å². The molecule has 0 radical (unpaired) electrons. The first-order valence-corrected chi connectivity index (χ1v) is 7.60. The lowest BCUT2D eigenvalue weighted by molar-refractivity contribution is 0.0950. The number of thiophene rings is 1. The van der Waals surface area contributed by atoms with Gasteiger partial charge in [-0.25, -0.2) is 0 Å². The average Bonchev–Trinajstić information content (AvgIpc) is 2.90. The molecule has 0 bridgehead atoms. The van der Waals surface area contributed by atoms with Gasteiger partial charge in [0.25, 0.3) is 5.91 Å². The Balaban J connectivity index is 2.06. The normalized spacial score (nSPS) is 9.86. The molecule has 3 nitrogen and oxygen atoms in total. The van der Waals surface area contributed by atoms with Crippen LogP contribution in [0.15, 0.2) is 29.6 Å². The fraction of sp³-hybridized carbons (Fsp3) is 0.235. The minimum absolute atomic E-state index is 0.0568. The average molecular weight is 298 g/mol. The van der Waals surface area contributed by atoms with E-state index >= 15 is 0 Å². The second-order valence-electron chi connectivity index (χ2n) is 4.76. The number of carbonyl (C=O) groups is 1. The molecule has 21 heavy (non-hydrogen) atoms. The van der Waals surface area contributed by atoms with E-state index in [0.29, 0.717) is 18.7 Å². The molecule has 0 aliphatic carbocycles. The maximum atomic E-state index is 12.2. The van der Waals surface area contributed by atoms with Gasteiger partial charge in [-0.1, -0.05) is 29.5 Å². The zero-order valence-corrected chi connectivity index (χ0v) is 13.0. The molecule has 1 heterocycles. The maximum Gasteiger partial charge on any atom is 0.251 e. The summed E-state index contributed by atoms with van der Waals surface area (Å²) in [5.74, 6) is 5.80. The Morgan fingerprint density at radius 2 is 2.14 bits per heavy atom. The van der Waals surface area contributed by atoms with Crippen LogP contribution in [0.5, 0.6) is 0 Å². The van der Waals surface area contributed by atoms with Gasteiger partial charge < -0.3 is 11.1 Å². The molecule has 108 valence electrons. The summed E-state index contributed by atoms with van der Waals surface area (Å²) in [5.41, 5.74) is 9.18. The lowest BCUT2D eigenvalue weighted by Gasteiger charge is -2.08. The summed E-state index contributed by atoms with van der Waals surface area (Å²) in [4.78, 5) is 13.3. The molecule has 0 unspecified atom stereocenters. The Bertz CT molecular complexity index is 707. The molecule has 2 aromatic rings. The predicted molar refractivity (Wildman–Crippen MR) is 87.3 cm³/mol. The number of nitrogens with one attached hydrogen (secondary N) is 1. The fourth-order valence-corrected chi connectivity index (χ4v) is 2.83. The van der Waals surface area contributed by atoms with Gasteiger partial charge in [-0.3, -0.25) is 4.79 Å². The van der Waals surface area contributed by atoms with E-state index in [1.54, 1.807) is 11.3 Å². The van der Waals surface area contributed by atoms with E-state index < -0.39 is 0 Å². The van der Waals surface area contributed by atoms with Crippen molar-refractivity contribution >= 4 is 17.2 Å². The quantitative estimate of drug-likeness (QED) is 0.856. The molecular formula is C17H18N2OS. The molecule has 1 aromatic heterocycles. The molecule has 0 saturated heterocycles. The van der Waals surface area contributed by atoms with Crippen molar-refractivity contribution in [2.24, 2.45) is 5.73 Å². The first-order valence-electron chi connectivity index (χ1n) is 6.72. The zero-order valence-electron chi connectivity index (χ0n) is 12.2. The number of benzene rings is 1. The van der Waals surface area contributed by atoms with Crippen molar-refractivity contribution in [1.82, 2.24) is 5.32 Å². The molecule has 0 aliphatic heterocycles. The molecule has 2 rings (SSSR count). The van der Waals surface area contributed by atoms with E-state index in [0.717, 1.165) is 21.6 Å². The van der Waals surface area contributed by atoms with Gasteiger partial charge in [0.1, 0.15) is 0 Å². The van der Waals surface area contributed by atoms with Gasteiger partial charge in [0.2, 0.25) is 0 Å². The highest BCUT2D eigenvalue weighted by atomic mass is 32.1. The molecule has 1 amide bonds. The smallest absolute Gasteiger partial charge is 0.251 e. The highest BCUT2D eigenvalue weighted by Gasteiger charge is 2.10. The van der Waals surface area contributed by atoms with Crippen LogP contribution in [0.4, 0.5) is 0 Å². The fourth-order valence-electron chi connectivity index (χ4n) is 2.06. The van der Waals surface area contributed by atoms with Crippen molar-refractivity contribution in [3.05, 3.63) is 56.8 Å². The van der Waals surface area contributed by atoms with E-state index in [9.17, 15) is 4.79 Å². The SMILES string of the molecule is Cc1ccc(C(=O)NCc2sccc2C#CCN)c(C)c1. The third kappa shape index (κ3) is 3.94. The molecular weight excluding hydrogens is 280 g/mol. The van der Waals surface area contributed by atoms with Gasteiger partial charge in [0, 0.05) is 16.0 Å². The summed E-state index contributed by atoms with van der Waals surface area (Å²) in [7, 11) is 0. The zero-order chi connectivity index (χ0) is 15.2. The summed E-state index contributed by atoms with van der Waals surface area (Å²) in [5, 5.41) is 4.92. The maximum absolute atomic E-state index is 12.2. The van der Waals surface area contributed by atoms with E-state index in [1.165, 1.54) is 0 Å². The largest absolute Gasteiger partial charge is 0.347 e. The molecule has 0 atom stereocenters. The van der Waals surface area contributed by atoms with Crippen LogP contribution < -0.4 is 11.1 Å². The predicted octanol–water partition coefficient (Wildman–Crippen LogP) is 2.61. The minimum atomic E-state index is -0.0568. The van der Waals surface area contributed by atoms with Gasteiger partial charge in [0.05, 0.1) is 13.1 Å². The first kappa shape index (κ1) is 15.3. The van der Waals surface area contributed by atoms with E-state index in [-0.39, 0.29) is 5.91 Å². The number of carbonyl (C=O) groups excluding carboxylic acids is 1. The van der Waals surface area contributed by atoms with Crippen LogP contribution in [-0.4, -0.2) is 12.5 Å². The van der Waals surface area contributed by atoms with Gasteiger partial charge in [-0.05, 0) is 36.9 Å². The number of hydrogen-bond acceptors (Lipinski definition) is 3. The van der Waals surface area contributed by atoms with Crippen LogP contribution in [0.2, 0.25) is 0 Å². The monoisotopic (exact) mass is 298 g/mol. The second-order valence-corrected chi connectivity index (χ2v) is 5.77. The Hall–Kier alpha value is -2.09. The van der Waals surface area contributed by atoms with Gasteiger partial charge in [0.15, 0.2) is 0 Å². The Morgan fingerprint density at radius 3 is 2.86 bits per heavy atom. The second kappa shape index (κ2) is 7.07. The van der Waals surface area contributed by atoms with Crippen LogP contribution >= 0.6 is 11.3 Å². The lowest BCUT2D eigenvalue weighted by atomic mass is 10.1. The van der Waals surface area contributed by atoms with Crippen LogP contribution in [0, 0.1) is 25.7 Å². The summed E-state index contributed by atoms with van der Waals surface area (Å²) in [6, 6.07) is 7.78. The highest BCUT2D eigenvalue weighted by molar-refractivity contribution is 7.10. The molecule has 0 aliphatic rings. The third-order valence-corrected chi connectivity index (χ3v) is 4.03. The Kier molecular flexibility index (Phi) is 5.15. The number of rotatable bonds is 3. The molecule has 0 spiro atoms. The Labute approximate surface area is 129 Å². The van der Waals surface area contributed by atoms with Gasteiger partial charge in [-0.2, -0.15) is 0 Å². The van der Waals surface area contributed by atoms with Gasteiger partial charge >= 0.3 is 0 Å². The van der Waals surface area contributed by atoms with Crippen molar-refractivity contribution in [1.29, 1.82) is 0 Å². The molecule has 0 saturated carbocycles. The van der Waals surface area contributed by atoms with Crippen molar-refractivity contribution in [2.75, 3.05) is 6.54 Å². The molecule has 3 N–H and O–H groups in total. The van der Waals surface area contributed by atoms with Crippen LogP contribution in [0.25, 0.3) is 0 Å². The van der Waals surface area contributed by atoms with Crippen LogP contribution in [-0.2, 0) is 6.54 Å². The summed E-state index contributed by atoms with van der Waals surface area (Å²) < 4.78 is 0. The standard InChI is InChI=1S/C17H18N2OS/c1-12-5-6-15(13(2)10-12)17(20)19-11-16-14(4-3-8-18)7-9-21-16/h5-7,9-10H,8,11,18H2,1-2H3,(H,19,20). The number of hydrogen-bond donors (Lipinski definition) is 2. The third-order valence-electron chi connectivity index (χ3n) is 3.11.